The van der Waals surface area contributed by atoms with Crippen LogP contribution in [0.4, 0.5) is 0 Å². The third-order valence-electron chi connectivity index (χ3n) is 4.60. The van der Waals surface area contributed by atoms with Gasteiger partial charge in [-0.05, 0) is 37.7 Å². The Morgan fingerprint density at radius 3 is 2.90 bits per heavy atom. The summed E-state index contributed by atoms with van der Waals surface area (Å²) < 4.78 is 0. The average molecular weight is 285 g/mol. The molecule has 1 amide bonds. The van der Waals surface area contributed by atoms with E-state index in [0.717, 1.165) is 49.1 Å². The zero-order chi connectivity index (χ0) is 14.8. The monoisotopic (exact) mass is 285 g/mol. The van der Waals surface area contributed by atoms with Crippen molar-refractivity contribution in [2.75, 3.05) is 26.2 Å². The summed E-state index contributed by atoms with van der Waals surface area (Å²) in [7, 11) is 0. The second-order valence-corrected chi connectivity index (χ2v) is 5.66. The first-order valence-electron chi connectivity index (χ1n) is 7.84. The maximum Gasteiger partial charge on any atom is 0.254 e. The fourth-order valence-corrected chi connectivity index (χ4v) is 3.41. The van der Waals surface area contributed by atoms with Crippen LogP contribution in [0, 0.1) is 0 Å². The van der Waals surface area contributed by atoms with Gasteiger partial charge in [0, 0.05) is 41.8 Å². The van der Waals surface area contributed by atoms with E-state index in [1.807, 2.05) is 35.4 Å². The molecular weight excluding hydrogens is 262 g/mol. The highest BCUT2D eigenvalue weighted by Crippen LogP contribution is 2.22. The molecule has 4 heteroatoms. The van der Waals surface area contributed by atoms with Crippen LogP contribution in [0.3, 0.4) is 0 Å². The molecule has 1 unspecified atom stereocenters. The minimum atomic E-state index is 0.162. The van der Waals surface area contributed by atoms with E-state index in [-0.39, 0.29) is 5.91 Å². The van der Waals surface area contributed by atoms with Crippen molar-refractivity contribution in [3.05, 3.63) is 36.0 Å². The summed E-state index contributed by atoms with van der Waals surface area (Å²) in [5.41, 5.74) is 1.84. The molecule has 1 aliphatic heterocycles. The molecule has 1 fully saturated rings. The van der Waals surface area contributed by atoms with Crippen LogP contribution in [0.5, 0.6) is 0 Å². The van der Waals surface area contributed by atoms with Gasteiger partial charge in [0.15, 0.2) is 0 Å². The molecule has 1 saturated heterocycles. The molecule has 0 saturated carbocycles. The molecule has 1 aromatic heterocycles. The summed E-state index contributed by atoms with van der Waals surface area (Å²) in [6.45, 7) is 8.19. The van der Waals surface area contributed by atoms with Gasteiger partial charge in [-0.1, -0.05) is 19.9 Å². The quantitative estimate of drug-likeness (QED) is 0.938. The Kier molecular flexibility index (Phi) is 3.97. The predicted molar refractivity (Wildman–Crippen MR) is 85.5 cm³/mol. The second-order valence-electron chi connectivity index (χ2n) is 5.66. The number of hydrogen-bond donors (Lipinski definition) is 1. The summed E-state index contributed by atoms with van der Waals surface area (Å²) >= 11 is 0. The van der Waals surface area contributed by atoms with Crippen molar-refractivity contribution in [1.82, 2.24) is 14.8 Å². The summed E-state index contributed by atoms with van der Waals surface area (Å²) in [5, 5.41) is 1.02. The normalized spacial score (nSPS) is 18.8. The Balaban J connectivity index is 1.79. The number of aromatic nitrogens is 1. The van der Waals surface area contributed by atoms with Gasteiger partial charge in [0.2, 0.25) is 0 Å². The average Bonchev–Trinajstić information content (AvgIpc) is 3.16. The number of likely N-dealkylation sites (N-methyl/N-ethyl adjacent to an activating group) is 1. The summed E-state index contributed by atoms with van der Waals surface area (Å²) in [6, 6.07) is 8.39. The van der Waals surface area contributed by atoms with Crippen molar-refractivity contribution < 1.29 is 4.79 Å². The molecule has 3 rings (SSSR count). The topological polar surface area (TPSA) is 39.3 Å². The molecule has 112 valence electrons. The third-order valence-corrected chi connectivity index (χ3v) is 4.60. The number of fused-ring (bicyclic) bond motifs is 1. The Labute approximate surface area is 125 Å². The number of hydrogen-bond acceptors (Lipinski definition) is 2. The molecule has 1 N–H and O–H groups in total. The number of aromatic amines is 1. The van der Waals surface area contributed by atoms with Crippen molar-refractivity contribution >= 4 is 16.8 Å². The van der Waals surface area contributed by atoms with Gasteiger partial charge >= 0.3 is 0 Å². The van der Waals surface area contributed by atoms with Crippen LogP contribution < -0.4 is 0 Å². The molecule has 0 spiro atoms. The number of likely N-dealkylation sites (tertiary alicyclic amines) is 1. The van der Waals surface area contributed by atoms with Gasteiger partial charge in [-0.25, -0.2) is 0 Å². The third kappa shape index (κ3) is 2.56. The van der Waals surface area contributed by atoms with Crippen molar-refractivity contribution in [3.8, 4) is 0 Å². The number of amides is 1. The van der Waals surface area contributed by atoms with E-state index in [0.29, 0.717) is 6.04 Å². The molecule has 0 radical (unpaired) electrons. The molecule has 1 aliphatic rings. The molecule has 1 aromatic carbocycles. The highest BCUT2D eigenvalue weighted by atomic mass is 16.2. The lowest BCUT2D eigenvalue weighted by molar-refractivity contribution is 0.0780. The fraction of sp³-hybridized carbons (Fsp3) is 0.471. The van der Waals surface area contributed by atoms with Crippen LogP contribution in [0.15, 0.2) is 30.5 Å². The molecule has 2 heterocycles. The van der Waals surface area contributed by atoms with E-state index in [1.165, 1.54) is 0 Å². The second kappa shape index (κ2) is 5.90. The molecule has 21 heavy (non-hydrogen) atoms. The van der Waals surface area contributed by atoms with E-state index >= 15 is 0 Å². The molecule has 4 nitrogen and oxygen atoms in total. The largest absolute Gasteiger partial charge is 0.361 e. The van der Waals surface area contributed by atoms with E-state index in [4.69, 9.17) is 0 Å². The van der Waals surface area contributed by atoms with E-state index < -0.39 is 0 Å². The first-order chi connectivity index (χ1) is 10.2. The van der Waals surface area contributed by atoms with Gasteiger partial charge in [0.05, 0.1) is 0 Å². The van der Waals surface area contributed by atoms with Gasteiger partial charge in [-0.3, -0.25) is 9.69 Å². The number of benzene rings is 1. The van der Waals surface area contributed by atoms with Crippen LogP contribution in [0.2, 0.25) is 0 Å². The van der Waals surface area contributed by atoms with Crippen molar-refractivity contribution in [2.45, 2.75) is 26.3 Å². The van der Waals surface area contributed by atoms with Crippen LogP contribution in [0.25, 0.3) is 10.9 Å². The lowest BCUT2D eigenvalue weighted by Gasteiger charge is -2.26. The lowest BCUT2D eigenvalue weighted by atomic mass is 10.1. The highest BCUT2D eigenvalue weighted by molar-refractivity contribution is 6.06. The Hall–Kier alpha value is -1.81. The van der Waals surface area contributed by atoms with E-state index in [1.54, 1.807) is 0 Å². The number of nitrogens with zero attached hydrogens (tertiary/aromatic N) is 2. The van der Waals surface area contributed by atoms with Gasteiger partial charge in [-0.2, -0.15) is 0 Å². The number of rotatable bonds is 4. The zero-order valence-electron chi connectivity index (χ0n) is 12.8. The summed E-state index contributed by atoms with van der Waals surface area (Å²) in [5.74, 6) is 0.162. The Morgan fingerprint density at radius 2 is 2.14 bits per heavy atom. The van der Waals surface area contributed by atoms with Crippen LogP contribution in [0.1, 0.15) is 30.6 Å². The molecule has 2 aromatic rings. The summed E-state index contributed by atoms with van der Waals surface area (Å²) in [4.78, 5) is 20.4. The fourth-order valence-electron chi connectivity index (χ4n) is 3.41. The van der Waals surface area contributed by atoms with Crippen molar-refractivity contribution in [2.24, 2.45) is 0 Å². The number of nitrogens with one attached hydrogen (secondary N) is 1. The number of H-pyrrole nitrogens is 1. The van der Waals surface area contributed by atoms with Gasteiger partial charge in [-0.15, -0.1) is 0 Å². The molecule has 1 atom stereocenters. The maximum absolute atomic E-state index is 12.8. The van der Waals surface area contributed by atoms with Gasteiger partial charge < -0.3 is 9.88 Å². The predicted octanol–water partition coefficient (Wildman–Crippen LogP) is 2.72. The summed E-state index contributed by atoms with van der Waals surface area (Å²) in [6.07, 6.45) is 2.97. The SMILES string of the molecule is CCN(CC)C1CCN(C(=O)c2cccc3[nH]ccc23)C1. The van der Waals surface area contributed by atoms with Crippen LogP contribution in [-0.4, -0.2) is 52.9 Å². The van der Waals surface area contributed by atoms with Crippen LogP contribution >= 0.6 is 0 Å². The Morgan fingerprint density at radius 1 is 1.33 bits per heavy atom. The standard InChI is InChI=1S/C17H23N3O/c1-3-19(4-2)13-9-11-20(12-13)17(21)15-6-5-7-16-14(15)8-10-18-16/h5-8,10,13,18H,3-4,9,11-12H2,1-2H3. The first-order valence-corrected chi connectivity index (χ1v) is 7.84. The van der Waals surface area contributed by atoms with Crippen LogP contribution in [-0.2, 0) is 0 Å². The minimum Gasteiger partial charge on any atom is -0.361 e. The van der Waals surface area contributed by atoms with Crippen molar-refractivity contribution in [1.29, 1.82) is 0 Å². The smallest absolute Gasteiger partial charge is 0.254 e. The molecule has 0 aliphatic carbocycles. The zero-order valence-corrected chi connectivity index (χ0v) is 12.8. The minimum absolute atomic E-state index is 0.162. The lowest BCUT2D eigenvalue weighted by Crippen LogP contribution is -2.38. The Bertz CT molecular complexity index is 630. The van der Waals surface area contributed by atoms with E-state index in [9.17, 15) is 4.79 Å². The number of carbonyl (C=O) groups excluding carboxylic acids is 1. The van der Waals surface area contributed by atoms with Gasteiger partial charge in [0.1, 0.15) is 0 Å². The first kappa shape index (κ1) is 14.1. The van der Waals surface area contributed by atoms with Crippen molar-refractivity contribution in [3.63, 3.8) is 0 Å². The van der Waals surface area contributed by atoms with E-state index in [2.05, 4.69) is 23.7 Å². The number of carbonyl (C=O) groups is 1. The highest BCUT2D eigenvalue weighted by Gasteiger charge is 2.30. The molecular formula is C17H23N3O. The van der Waals surface area contributed by atoms with Gasteiger partial charge in [0.25, 0.3) is 5.91 Å². The maximum atomic E-state index is 12.8. The molecule has 0 bridgehead atoms.